The third kappa shape index (κ3) is 3.55. The number of aromatic nitrogens is 2. The maximum atomic E-state index is 7.07. The third-order valence-corrected chi connectivity index (χ3v) is 11.5. The van der Waals surface area contributed by atoms with Gasteiger partial charge in [-0.25, -0.2) is 0 Å². The molecule has 250 valence electrons. The fourth-order valence-corrected chi connectivity index (χ4v) is 9.42. The van der Waals surface area contributed by atoms with Crippen molar-refractivity contribution in [2.75, 3.05) is 0 Å². The van der Waals surface area contributed by atoms with Crippen molar-refractivity contribution in [1.82, 2.24) is 9.13 Å². The highest BCUT2D eigenvalue weighted by Gasteiger charge is 2.42. The van der Waals surface area contributed by atoms with Gasteiger partial charge >= 0.3 is 7.12 Å². The first-order valence-corrected chi connectivity index (χ1v) is 18.4. The molecule has 0 spiro atoms. The first-order valence-electron chi connectivity index (χ1n) is 18.4. The summed E-state index contributed by atoms with van der Waals surface area (Å²) >= 11 is 0. The summed E-state index contributed by atoms with van der Waals surface area (Å²) in [4.78, 5) is 0. The highest BCUT2D eigenvalue weighted by Crippen LogP contribution is 2.50. The standard InChI is InChI=1S/C48H27BN2O3/c1-2-14-28(15-3-1)50-37-21-9-4-18-32(37)42-43-34-20-8-11-23-39(34)52-48(43)47-44(46(42)50)33-19-5-10-22-38(33)51(47)29-26-35-30-16-6-12-24-40(30)53-49-45(35)36(27-29)31-17-7-13-25-41(31)54-49/h1-27H. The van der Waals surface area contributed by atoms with E-state index in [-0.39, 0.29) is 0 Å². The van der Waals surface area contributed by atoms with Crippen molar-refractivity contribution in [1.29, 1.82) is 0 Å². The molecule has 0 radical (unpaired) electrons. The van der Waals surface area contributed by atoms with Crippen LogP contribution >= 0.6 is 0 Å². The molecule has 0 saturated carbocycles. The second-order valence-corrected chi connectivity index (χ2v) is 14.3. The van der Waals surface area contributed by atoms with E-state index in [2.05, 4.69) is 149 Å². The molecule has 2 aliphatic heterocycles. The van der Waals surface area contributed by atoms with Crippen LogP contribution in [0.25, 0.3) is 99.2 Å². The van der Waals surface area contributed by atoms with Crippen LogP contribution in [0.3, 0.4) is 0 Å². The van der Waals surface area contributed by atoms with Crippen LogP contribution < -0.4 is 14.8 Å². The highest BCUT2D eigenvalue weighted by atomic mass is 16.6. The van der Waals surface area contributed by atoms with Crippen molar-refractivity contribution >= 4 is 78.1 Å². The Kier molecular flexibility index (Phi) is 5.39. The van der Waals surface area contributed by atoms with Gasteiger partial charge in [0.15, 0.2) is 5.58 Å². The average Bonchev–Trinajstić information content (AvgIpc) is 3.89. The zero-order valence-corrected chi connectivity index (χ0v) is 28.8. The first-order chi connectivity index (χ1) is 26.8. The number of hydrogen-bond donors (Lipinski definition) is 0. The molecule has 5 heterocycles. The fraction of sp³-hybridized carbons (Fsp3) is 0. The molecule has 2 aliphatic rings. The Labute approximate surface area is 308 Å². The Balaban J connectivity index is 1.28. The Morgan fingerprint density at radius 2 is 0.944 bits per heavy atom. The van der Waals surface area contributed by atoms with Crippen LogP contribution in [-0.4, -0.2) is 16.3 Å². The van der Waals surface area contributed by atoms with E-state index >= 15 is 0 Å². The summed E-state index contributed by atoms with van der Waals surface area (Å²) in [5.74, 6) is 1.63. The van der Waals surface area contributed by atoms with E-state index in [9.17, 15) is 0 Å². The molecule has 0 N–H and O–H groups in total. The van der Waals surface area contributed by atoms with Crippen LogP contribution in [0.2, 0.25) is 0 Å². The summed E-state index contributed by atoms with van der Waals surface area (Å²) in [6.07, 6.45) is 0. The Bertz CT molecular complexity index is 3340. The van der Waals surface area contributed by atoms with E-state index in [1.54, 1.807) is 0 Å². The van der Waals surface area contributed by atoms with Gasteiger partial charge < -0.3 is 22.9 Å². The van der Waals surface area contributed by atoms with Gasteiger partial charge in [-0.2, -0.15) is 0 Å². The maximum Gasteiger partial charge on any atom is 0.633 e. The fourth-order valence-electron chi connectivity index (χ4n) is 9.42. The molecule has 0 fully saturated rings. The summed E-state index contributed by atoms with van der Waals surface area (Å²) in [5, 5.41) is 6.95. The minimum absolute atomic E-state index is 0.546. The van der Waals surface area contributed by atoms with Crippen LogP contribution in [0.4, 0.5) is 0 Å². The molecule has 0 bridgehead atoms. The monoisotopic (exact) mass is 690 g/mol. The van der Waals surface area contributed by atoms with E-state index in [4.69, 9.17) is 13.7 Å². The SMILES string of the molecule is c1ccc(-n2c3ccccc3c3c4c5ccccc5oc4c4c(c5ccccc5n4-c4cc5c6c(c4)-c4ccccc4OB6Oc4ccccc4-5)c32)cc1. The van der Waals surface area contributed by atoms with Gasteiger partial charge in [0.05, 0.1) is 22.1 Å². The van der Waals surface area contributed by atoms with E-state index in [0.717, 1.165) is 99.9 Å². The van der Waals surface area contributed by atoms with Crippen LogP contribution in [0, 0.1) is 0 Å². The van der Waals surface area contributed by atoms with Crippen molar-refractivity contribution in [3.63, 3.8) is 0 Å². The lowest BCUT2D eigenvalue weighted by Gasteiger charge is -2.32. The summed E-state index contributed by atoms with van der Waals surface area (Å²) in [7, 11) is -0.546. The quantitative estimate of drug-likeness (QED) is 0.170. The highest BCUT2D eigenvalue weighted by molar-refractivity contribution is 6.68. The van der Waals surface area contributed by atoms with Crippen molar-refractivity contribution in [3.8, 4) is 45.1 Å². The molecular formula is C48H27BN2O3. The predicted molar refractivity (Wildman–Crippen MR) is 220 cm³/mol. The zero-order valence-electron chi connectivity index (χ0n) is 28.8. The molecule has 0 atom stereocenters. The van der Waals surface area contributed by atoms with E-state index in [0.29, 0.717) is 0 Å². The van der Waals surface area contributed by atoms with Gasteiger partial charge in [-0.15, -0.1) is 0 Å². The molecule has 0 aliphatic carbocycles. The van der Waals surface area contributed by atoms with Crippen molar-refractivity contribution in [2.45, 2.75) is 0 Å². The zero-order chi connectivity index (χ0) is 35.1. The van der Waals surface area contributed by atoms with Crippen LogP contribution in [0.1, 0.15) is 0 Å². The molecule has 11 aromatic rings. The lowest BCUT2D eigenvalue weighted by molar-refractivity contribution is 0.436. The number of fused-ring (bicyclic) bond motifs is 16. The number of benzene rings is 8. The van der Waals surface area contributed by atoms with Crippen LogP contribution in [-0.2, 0) is 0 Å². The summed E-state index contributed by atoms with van der Waals surface area (Å²) in [6, 6.07) is 58.0. The van der Waals surface area contributed by atoms with Crippen LogP contribution in [0.15, 0.2) is 168 Å². The lowest BCUT2D eigenvalue weighted by Crippen LogP contribution is -2.49. The molecule has 0 amide bonds. The molecule has 54 heavy (non-hydrogen) atoms. The summed E-state index contributed by atoms with van der Waals surface area (Å²) < 4.78 is 25.0. The molecule has 8 aromatic carbocycles. The number of para-hydroxylation sites is 6. The molecule has 0 saturated heterocycles. The summed E-state index contributed by atoms with van der Waals surface area (Å²) in [5.41, 5.74) is 13.8. The second-order valence-electron chi connectivity index (χ2n) is 14.3. The van der Waals surface area contributed by atoms with Crippen LogP contribution in [0.5, 0.6) is 11.5 Å². The van der Waals surface area contributed by atoms with E-state index in [1.807, 2.05) is 24.3 Å². The van der Waals surface area contributed by atoms with Gasteiger partial charge in [0, 0.05) is 60.3 Å². The predicted octanol–water partition coefficient (Wildman–Crippen LogP) is 11.6. The van der Waals surface area contributed by atoms with Gasteiger partial charge in [-0.1, -0.05) is 109 Å². The molecule has 0 unspecified atom stereocenters. The smallest absolute Gasteiger partial charge is 0.521 e. The third-order valence-electron chi connectivity index (χ3n) is 11.5. The van der Waals surface area contributed by atoms with E-state index < -0.39 is 7.12 Å². The average molecular weight is 691 g/mol. The minimum atomic E-state index is -0.546. The largest absolute Gasteiger partial charge is 0.633 e. The minimum Gasteiger partial charge on any atom is -0.521 e. The maximum absolute atomic E-state index is 7.07. The molecular weight excluding hydrogens is 663 g/mol. The van der Waals surface area contributed by atoms with Crippen molar-refractivity contribution < 1.29 is 13.7 Å². The molecule has 6 heteroatoms. The Morgan fingerprint density at radius 3 is 1.63 bits per heavy atom. The normalized spacial score (nSPS) is 13.1. The van der Waals surface area contributed by atoms with Gasteiger partial charge in [0.2, 0.25) is 0 Å². The van der Waals surface area contributed by atoms with Gasteiger partial charge in [-0.3, -0.25) is 0 Å². The number of furan rings is 1. The first kappa shape index (κ1) is 28.4. The van der Waals surface area contributed by atoms with Gasteiger partial charge in [0.25, 0.3) is 0 Å². The topological polar surface area (TPSA) is 41.5 Å². The van der Waals surface area contributed by atoms with E-state index in [1.165, 1.54) is 16.3 Å². The van der Waals surface area contributed by atoms with Crippen molar-refractivity contribution in [3.05, 3.63) is 164 Å². The molecule has 3 aromatic heterocycles. The Morgan fingerprint density at radius 1 is 0.407 bits per heavy atom. The molecule has 13 rings (SSSR count). The second kappa shape index (κ2) is 10.2. The number of nitrogens with zero attached hydrogens (tertiary/aromatic N) is 2. The van der Waals surface area contributed by atoms with Gasteiger partial charge in [0.1, 0.15) is 17.1 Å². The number of rotatable bonds is 2. The Hall–Kier alpha value is -7.18. The van der Waals surface area contributed by atoms with Crippen molar-refractivity contribution in [2.24, 2.45) is 0 Å². The lowest BCUT2D eigenvalue weighted by atomic mass is 9.66. The molecule has 5 nitrogen and oxygen atoms in total. The van der Waals surface area contributed by atoms with Gasteiger partial charge in [-0.05, 0) is 65.7 Å². The summed E-state index contributed by atoms with van der Waals surface area (Å²) in [6.45, 7) is 0. The number of hydrogen-bond acceptors (Lipinski definition) is 3.